The molecule has 0 aliphatic carbocycles. The molecule has 17 nitrogen and oxygen atoms in total. The van der Waals surface area contributed by atoms with E-state index in [1.165, 1.54) is 51.4 Å². The Balaban J connectivity index is 5.42. The molecule has 5 unspecified atom stereocenters. The zero-order chi connectivity index (χ0) is 70.4. The van der Waals surface area contributed by atoms with Crippen LogP contribution in [0.15, 0.2) is 122 Å². The number of carbonyl (C=O) groups excluding carboxylic acids is 4. The van der Waals surface area contributed by atoms with Crippen LogP contribution in [-0.4, -0.2) is 96.7 Å². The molecule has 0 heterocycles. The highest BCUT2D eigenvalue weighted by atomic mass is 31.2. The predicted molar refractivity (Wildman–Crippen MR) is 390 cm³/mol. The lowest BCUT2D eigenvalue weighted by Crippen LogP contribution is -2.30. The molecule has 0 aromatic rings. The van der Waals surface area contributed by atoms with Crippen molar-refractivity contribution in [2.24, 2.45) is 0 Å². The standard InChI is InChI=1S/C77H130O17P2/c1-5-9-13-17-21-25-29-33-35-39-41-45-49-53-57-61-74(79)87-67-72(93-76(81)63-59-55-51-47-43-37-31-27-23-19-15-11-7-3)69-91-95(83,84)89-65-71(78)66-90-96(85,86)92-70-73(94-77(82)64-60-56-52-48-44-38-32-28-24-20-16-12-8-4)68-88-75(80)62-58-54-50-46-42-40-36-34-30-26-22-18-14-10-6-2/h9-10,13-15,19,21-22,25-27,31,33-36,42,46,54,58,71-73,78H,5-8,11-12,16-18,20,23-24,28-30,32,37-41,43-45,47-53,55-57,59-70H2,1-4H3,(H,83,84)(H,85,86)/b13-9-,14-10-,19-15-,25-21-,26-22-,31-27-,35-33-,36-34-,46-42-,58-54-. The maximum atomic E-state index is 13.0. The fourth-order valence-corrected chi connectivity index (χ4v) is 11.0. The first-order valence-corrected chi connectivity index (χ1v) is 39.8. The van der Waals surface area contributed by atoms with E-state index in [0.717, 1.165) is 154 Å². The number of unbranched alkanes of at least 4 members (excludes halogenated alkanes) is 23. The zero-order valence-electron chi connectivity index (χ0n) is 59.8. The minimum atomic E-state index is -4.99. The minimum absolute atomic E-state index is 0.0708. The Kier molecular flexibility index (Phi) is 65.7. The van der Waals surface area contributed by atoms with Crippen molar-refractivity contribution in [3.05, 3.63) is 122 Å². The van der Waals surface area contributed by atoms with Gasteiger partial charge in [-0.05, 0) is 109 Å². The van der Waals surface area contributed by atoms with Crippen LogP contribution in [-0.2, 0) is 65.4 Å². The van der Waals surface area contributed by atoms with Gasteiger partial charge < -0.3 is 33.8 Å². The van der Waals surface area contributed by atoms with Crippen molar-refractivity contribution >= 4 is 39.5 Å². The molecule has 550 valence electrons. The van der Waals surface area contributed by atoms with E-state index < -0.39 is 97.5 Å². The summed E-state index contributed by atoms with van der Waals surface area (Å²) in [5, 5.41) is 10.6. The maximum absolute atomic E-state index is 13.0. The largest absolute Gasteiger partial charge is 0.472 e. The topological polar surface area (TPSA) is 237 Å². The minimum Gasteiger partial charge on any atom is -0.462 e. The summed E-state index contributed by atoms with van der Waals surface area (Å²) in [4.78, 5) is 72.7. The van der Waals surface area contributed by atoms with Gasteiger partial charge in [-0.25, -0.2) is 9.13 Å². The van der Waals surface area contributed by atoms with E-state index in [1.807, 2.05) is 18.2 Å². The van der Waals surface area contributed by atoms with Gasteiger partial charge >= 0.3 is 39.5 Å². The van der Waals surface area contributed by atoms with Crippen molar-refractivity contribution in [3.8, 4) is 0 Å². The summed E-state index contributed by atoms with van der Waals surface area (Å²) in [6, 6.07) is 0. The first-order chi connectivity index (χ1) is 46.7. The van der Waals surface area contributed by atoms with Crippen LogP contribution in [0.5, 0.6) is 0 Å². The Hall–Kier alpha value is -4.54. The smallest absolute Gasteiger partial charge is 0.462 e. The summed E-state index contributed by atoms with van der Waals surface area (Å²) in [7, 11) is -9.98. The number of carbonyl (C=O) groups is 4. The molecule has 19 heteroatoms. The Labute approximate surface area is 581 Å². The molecule has 0 fully saturated rings. The van der Waals surface area contributed by atoms with Gasteiger partial charge in [-0.2, -0.15) is 0 Å². The summed E-state index contributed by atoms with van der Waals surface area (Å²) < 4.78 is 68.2. The fourth-order valence-electron chi connectivity index (χ4n) is 9.40. The lowest BCUT2D eigenvalue weighted by Gasteiger charge is -2.21. The molecule has 0 aromatic heterocycles. The van der Waals surface area contributed by atoms with Gasteiger partial charge in [0.25, 0.3) is 0 Å². The van der Waals surface area contributed by atoms with Crippen LogP contribution < -0.4 is 0 Å². The van der Waals surface area contributed by atoms with Crippen molar-refractivity contribution in [2.45, 2.75) is 303 Å². The lowest BCUT2D eigenvalue weighted by atomic mass is 10.0. The summed E-state index contributed by atoms with van der Waals surface area (Å²) in [5.41, 5.74) is 0. The summed E-state index contributed by atoms with van der Waals surface area (Å²) in [6.07, 6.45) is 73.7. The van der Waals surface area contributed by atoms with E-state index in [-0.39, 0.29) is 25.7 Å². The highest BCUT2D eigenvalue weighted by Crippen LogP contribution is 2.45. The molecule has 3 N–H and O–H groups in total. The molecule has 0 aliphatic rings. The van der Waals surface area contributed by atoms with Crippen molar-refractivity contribution in [1.29, 1.82) is 0 Å². The molecule has 0 saturated carbocycles. The second-order valence-corrected chi connectivity index (χ2v) is 27.0. The molecule has 0 spiro atoms. The molecule has 96 heavy (non-hydrogen) atoms. The van der Waals surface area contributed by atoms with Gasteiger partial charge in [-0.1, -0.05) is 271 Å². The van der Waals surface area contributed by atoms with Crippen LogP contribution in [0.25, 0.3) is 0 Å². The monoisotopic (exact) mass is 1390 g/mol. The maximum Gasteiger partial charge on any atom is 0.472 e. The molecular weight excluding hydrogens is 1260 g/mol. The zero-order valence-corrected chi connectivity index (χ0v) is 61.5. The number of ether oxygens (including phenoxy) is 4. The first-order valence-electron chi connectivity index (χ1n) is 36.8. The number of aliphatic hydroxyl groups excluding tert-OH is 1. The fraction of sp³-hybridized carbons (Fsp3) is 0.688. The third kappa shape index (κ3) is 68.0. The number of allylic oxidation sites excluding steroid dienone is 19. The number of hydrogen-bond acceptors (Lipinski definition) is 15. The Morgan fingerprint density at radius 2 is 0.604 bits per heavy atom. The van der Waals surface area contributed by atoms with E-state index in [0.29, 0.717) is 25.7 Å². The SMILES string of the molecule is CC/C=C\C/C=C\C/C=C\C/C=C\C/C=C\CC(=O)OCC(COP(=O)(O)OCC(O)COP(=O)(O)OCC(COC(=O)CCCCCCC/C=C\C/C=C\C/C=C\CC)OC(=O)CCCCCCC/C=C\C/C=C\CCC)OC(=O)CCCCCCCCCCCCCCC. The van der Waals surface area contributed by atoms with E-state index >= 15 is 0 Å². The highest BCUT2D eigenvalue weighted by molar-refractivity contribution is 7.47. The van der Waals surface area contributed by atoms with Gasteiger partial charge in [0.2, 0.25) is 0 Å². The summed E-state index contributed by atoms with van der Waals surface area (Å²) in [6.45, 7) is 4.42. The molecule has 0 saturated heterocycles. The Morgan fingerprint density at radius 1 is 0.312 bits per heavy atom. The number of esters is 4. The number of aliphatic hydroxyl groups is 1. The Bertz CT molecular complexity index is 2300. The van der Waals surface area contributed by atoms with Gasteiger partial charge in [0, 0.05) is 19.3 Å². The van der Waals surface area contributed by atoms with Crippen molar-refractivity contribution in [1.82, 2.24) is 0 Å². The predicted octanol–water partition coefficient (Wildman–Crippen LogP) is 20.8. The van der Waals surface area contributed by atoms with Crippen molar-refractivity contribution in [3.63, 3.8) is 0 Å². The van der Waals surface area contributed by atoms with Gasteiger partial charge in [-0.3, -0.25) is 37.3 Å². The van der Waals surface area contributed by atoms with E-state index in [4.69, 9.17) is 37.0 Å². The average Bonchev–Trinajstić information content (AvgIpc) is 1.14. The lowest BCUT2D eigenvalue weighted by molar-refractivity contribution is -0.161. The summed E-state index contributed by atoms with van der Waals surface area (Å²) in [5.74, 6) is -2.36. The molecule has 0 aromatic carbocycles. The molecule has 0 radical (unpaired) electrons. The van der Waals surface area contributed by atoms with Crippen LogP contribution in [0.3, 0.4) is 0 Å². The van der Waals surface area contributed by atoms with E-state index in [9.17, 15) is 43.2 Å². The van der Waals surface area contributed by atoms with Crippen molar-refractivity contribution < 1.29 is 80.2 Å². The first kappa shape index (κ1) is 91.5. The molecular formula is C77H130O17P2. The van der Waals surface area contributed by atoms with Crippen LogP contribution in [0.2, 0.25) is 0 Å². The second kappa shape index (κ2) is 69.0. The highest BCUT2D eigenvalue weighted by Gasteiger charge is 2.30. The van der Waals surface area contributed by atoms with Gasteiger partial charge in [0.1, 0.15) is 19.3 Å². The van der Waals surface area contributed by atoms with Gasteiger partial charge in [0.05, 0.1) is 32.8 Å². The Morgan fingerprint density at radius 3 is 0.969 bits per heavy atom. The second-order valence-electron chi connectivity index (χ2n) is 24.1. The van der Waals surface area contributed by atoms with Crippen LogP contribution >= 0.6 is 15.6 Å². The van der Waals surface area contributed by atoms with Crippen LogP contribution in [0.4, 0.5) is 0 Å². The van der Waals surface area contributed by atoms with Crippen LogP contribution in [0, 0.1) is 0 Å². The quantitative estimate of drug-likeness (QED) is 0.0169. The molecule has 0 rings (SSSR count). The molecule has 0 bridgehead atoms. The third-order valence-electron chi connectivity index (χ3n) is 14.9. The van der Waals surface area contributed by atoms with E-state index in [1.54, 1.807) is 6.08 Å². The van der Waals surface area contributed by atoms with Gasteiger partial charge in [0.15, 0.2) is 12.2 Å². The number of hydrogen-bond donors (Lipinski definition) is 3. The van der Waals surface area contributed by atoms with Crippen molar-refractivity contribution in [2.75, 3.05) is 39.6 Å². The third-order valence-corrected chi connectivity index (χ3v) is 16.8. The molecule has 5 atom stereocenters. The van der Waals surface area contributed by atoms with Gasteiger partial charge in [-0.15, -0.1) is 0 Å². The number of phosphoric ester groups is 2. The molecule has 0 amide bonds. The average molecular weight is 1390 g/mol. The van der Waals surface area contributed by atoms with Crippen LogP contribution in [0.1, 0.15) is 285 Å². The molecule has 0 aliphatic heterocycles. The number of phosphoric acid groups is 2. The number of rotatable bonds is 68. The summed E-state index contributed by atoms with van der Waals surface area (Å²) >= 11 is 0. The normalized spacial score (nSPS) is 14.7. The van der Waals surface area contributed by atoms with E-state index in [2.05, 4.69) is 125 Å².